The van der Waals surface area contributed by atoms with Crippen molar-refractivity contribution in [2.75, 3.05) is 5.32 Å². The predicted octanol–water partition coefficient (Wildman–Crippen LogP) is 2.21. The van der Waals surface area contributed by atoms with Crippen LogP contribution in [0.25, 0.3) is 0 Å². The first-order chi connectivity index (χ1) is 14.4. The normalized spacial score (nSPS) is 21.6. The van der Waals surface area contributed by atoms with Crippen molar-refractivity contribution in [3.63, 3.8) is 0 Å². The lowest BCUT2D eigenvalue weighted by atomic mass is 9.94. The summed E-state index contributed by atoms with van der Waals surface area (Å²) in [6.07, 6.45) is 5.39. The molecule has 0 amide bonds. The molecule has 0 radical (unpaired) electrons. The van der Waals surface area contributed by atoms with E-state index < -0.39 is 22.2 Å². The van der Waals surface area contributed by atoms with Crippen LogP contribution in [0.15, 0.2) is 35.4 Å². The minimum Gasteiger partial charge on any atom is -0.471 e. The summed E-state index contributed by atoms with van der Waals surface area (Å²) in [5.74, 6) is 0.324. The van der Waals surface area contributed by atoms with E-state index in [1.807, 2.05) is 6.07 Å². The molecule has 2 aliphatic carbocycles. The molecule has 2 aromatic rings. The Morgan fingerprint density at radius 2 is 1.87 bits per heavy atom. The van der Waals surface area contributed by atoms with Gasteiger partial charge in [0.15, 0.2) is 0 Å². The molecular formula is C20H23N5O4S. The average Bonchev–Trinajstić information content (AvgIpc) is 3.10. The van der Waals surface area contributed by atoms with Gasteiger partial charge in [0.05, 0.1) is 17.2 Å². The lowest BCUT2D eigenvalue weighted by Crippen LogP contribution is -2.39. The second-order valence-electron chi connectivity index (χ2n) is 7.58. The molecule has 158 valence electrons. The highest BCUT2D eigenvalue weighted by molar-refractivity contribution is 7.89. The van der Waals surface area contributed by atoms with Crippen LogP contribution in [0, 0.1) is 11.3 Å². The number of nitrogens with zero attached hydrogens (tertiary/aromatic N) is 3. The van der Waals surface area contributed by atoms with Gasteiger partial charge in [0.2, 0.25) is 21.9 Å². The molecule has 0 unspecified atom stereocenters. The number of rotatable bonds is 7. The van der Waals surface area contributed by atoms with Gasteiger partial charge in [0, 0.05) is 11.7 Å². The summed E-state index contributed by atoms with van der Waals surface area (Å²) in [4.78, 5) is 8.56. The van der Waals surface area contributed by atoms with E-state index >= 15 is 0 Å². The van der Waals surface area contributed by atoms with Crippen LogP contribution in [0.5, 0.6) is 5.88 Å². The van der Waals surface area contributed by atoms with Gasteiger partial charge < -0.3 is 15.2 Å². The van der Waals surface area contributed by atoms with Crippen molar-refractivity contribution in [1.82, 2.24) is 14.7 Å². The Bertz CT molecular complexity index is 1050. The number of anilines is 2. The maximum atomic E-state index is 12.4. The second kappa shape index (κ2) is 8.55. The fourth-order valence-electron chi connectivity index (χ4n) is 3.44. The van der Waals surface area contributed by atoms with Gasteiger partial charge >= 0.3 is 0 Å². The summed E-state index contributed by atoms with van der Waals surface area (Å²) < 4.78 is 33.2. The number of sulfonamides is 1. The summed E-state index contributed by atoms with van der Waals surface area (Å²) in [5, 5.41) is 22.2. The van der Waals surface area contributed by atoms with E-state index in [0.29, 0.717) is 18.5 Å². The number of aliphatic hydroxyl groups is 1. The number of hydrogen-bond acceptors (Lipinski definition) is 8. The van der Waals surface area contributed by atoms with Crippen molar-refractivity contribution < 1.29 is 18.3 Å². The number of hydrogen-bond donors (Lipinski definition) is 3. The van der Waals surface area contributed by atoms with E-state index in [1.54, 1.807) is 12.1 Å². The van der Waals surface area contributed by atoms with Crippen LogP contribution in [0.3, 0.4) is 0 Å². The van der Waals surface area contributed by atoms with Gasteiger partial charge in [-0.2, -0.15) is 10.2 Å². The topological polar surface area (TPSA) is 137 Å². The third-order valence-electron chi connectivity index (χ3n) is 5.40. The molecule has 2 aliphatic rings. The number of nitrogens with one attached hydrogen (secondary N) is 2. The molecule has 10 heteroatoms. The predicted molar refractivity (Wildman–Crippen MR) is 109 cm³/mol. The number of aromatic nitrogens is 2. The molecule has 3 N–H and O–H groups in total. The Kier molecular flexibility index (Phi) is 5.85. The third kappa shape index (κ3) is 4.53. The van der Waals surface area contributed by atoms with Gasteiger partial charge in [-0.25, -0.2) is 18.1 Å². The minimum atomic E-state index is -3.53. The van der Waals surface area contributed by atoms with Crippen molar-refractivity contribution in [2.45, 2.75) is 61.7 Å². The number of benzene rings is 1. The minimum absolute atomic E-state index is 0.0247. The Balaban J connectivity index is 1.47. The summed E-state index contributed by atoms with van der Waals surface area (Å²) in [6, 6.07) is 8.29. The summed E-state index contributed by atoms with van der Waals surface area (Å²) in [7, 11) is -3.53. The quantitative estimate of drug-likeness (QED) is 0.609. The summed E-state index contributed by atoms with van der Waals surface area (Å²) in [5.41, 5.74) is 0.775. The zero-order valence-corrected chi connectivity index (χ0v) is 17.1. The van der Waals surface area contributed by atoms with E-state index in [4.69, 9.17) is 4.74 Å². The summed E-state index contributed by atoms with van der Waals surface area (Å²) >= 11 is 0. The molecule has 0 bridgehead atoms. The zero-order valence-electron chi connectivity index (χ0n) is 16.3. The Morgan fingerprint density at radius 3 is 2.47 bits per heavy atom. The average molecular weight is 430 g/mol. The van der Waals surface area contributed by atoms with Gasteiger partial charge in [0.25, 0.3) is 0 Å². The van der Waals surface area contributed by atoms with E-state index in [-0.39, 0.29) is 28.3 Å². The van der Waals surface area contributed by atoms with E-state index in [0.717, 1.165) is 25.7 Å². The molecule has 4 rings (SSSR count). The monoisotopic (exact) mass is 429 g/mol. The first-order valence-electron chi connectivity index (χ1n) is 9.96. The van der Waals surface area contributed by atoms with Crippen molar-refractivity contribution in [1.29, 1.82) is 5.26 Å². The molecule has 2 atom stereocenters. The van der Waals surface area contributed by atoms with E-state index in [9.17, 15) is 18.8 Å². The van der Waals surface area contributed by atoms with Crippen LogP contribution in [0.2, 0.25) is 0 Å². The van der Waals surface area contributed by atoms with Crippen LogP contribution in [-0.2, 0) is 10.0 Å². The van der Waals surface area contributed by atoms with Crippen molar-refractivity contribution in [3.8, 4) is 11.9 Å². The fourth-order valence-corrected chi connectivity index (χ4v) is 4.75. The van der Waals surface area contributed by atoms with Crippen LogP contribution < -0.4 is 14.8 Å². The van der Waals surface area contributed by atoms with E-state index in [1.165, 1.54) is 18.3 Å². The maximum Gasteiger partial charge on any atom is 0.240 e. The Morgan fingerprint density at radius 1 is 1.13 bits per heavy atom. The molecule has 1 heterocycles. The third-order valence-corrected chi connectivity index (χ3v) is 6.94. The van der Waals surface area contributed by atoms with Crippen LogP contribution >= 0.6 is 0 Å². The Labute approximate surface area is 175 Å². The molecule has 2 saturated carbocycles. The molecule has 1 aromatic heterocycles. The number of nitriles is 1. The standard InChI is InChI=1S/C20H23N5O4S/c21-11-13-12-22-20(24-19(13)29-18-6-2-5-17(18)26)23-14-7-9-16(10-8-14)30(27,28)25-15-3-1-4-15/h7-10,12,15,17-18,25-26H,1-6H2,(H,22,23,24)/t17-,18+/m1/s1. The largest absolute Gasteiger partial charge is 0.471 e. The lowest BCUT2D eigenvalue weighted by molar-refractivity contribution is 0.0572. The SMILES string of the molecule is N#Cc1cnc(Nc2ccc(S(=O)(=O)NC3CCC3)cc2)nc1O[C@H]1CCC[C@H]1O. The highest BCUT2D eigenvalue weighted by Crippen LogP contribution is 2.27. The first-order valence-corrected chi connectivity index (χ1v) is 11.4. The van der Waals surface area contributed by atoms with Gasteiger partial charge in [0.1, 0.15) is 17.7 Å². The first kappa shape index (κ1) is 20.5. The van der Waals surface area contributed by atoms with Gasteiger partial charge in [-0.3, -0.25) is 0 Å². The maximum absolute atomic E-state index is 12.4. The molecule has 0 saturated heterocycles. The zero-order chi connectivity index (χ0) is 21.1. The molecule has 2 fully saturated rings. The summed E-state index contributed by atoms with van der Waals surface area (Å²) in [6.45, 7) is 0. The Hall–Kier alpha value is -2.74. The van der Waals surface area contributed by atoms with Crippen molar-refractivity contribution in [2.24, 2.45) is 0 Å². The highest BCUT2D eigenvalue weighted by atomic mass is 32.2. The fraction of sp³-hybridized carbons (Fsp3) is 0.450. The number of ether oxygens (including phenoxy) is 1. The molecule has 9 nitrogen and oxygen atoms in total. The lowest BCUT2D eigenvalue weighted by Gasteiger charge is -2.26. The molecule has 1 aromatic carbocycles. The molecule has 30 heavy (non-hydrogen) atoms. The van der Waals surface area contributed by atoms with Crippen LogP contribution in [0.1, 0.15) is 44.1 Å². The smallest absolute Gasteiger partial charge is 0.240 e. The number of aliphatic hydroxyl groups excluding tert-OH is 1. The molecule has 0 spiro atoms. The van der Waals surface area contributed by atoms with Gasteiger partial charge in [-0.15, -0.1) is 0 Å². The molecule has 0 aliphatic heterocycles. The van der Waals surface area contributed by atoms with Gasteiger partial charge in [-0.1, -0.05) is 6.42 Å². The highest BCUT2D eigenvalue weighted by Gasteiger charge is 2.28. The van der Waals surface area contributed by atoms with E-state index in [2.05, 4.69) is 20.0 Å². The molecular weight excluding hydrogens is 406 g/mol. The van der Waals surface area contributed by atoms with Crippen LogP contribution in [0.4, 0.5) is 11.6 Å². The van der Waals surface area contributed by atoms with Gasteiger partial charge in [-0.05, 0) is 56.4 Å². The van der Waals surface area contributed by atoms with Crippen LogP contribution in [-0.4, -0.2) is 41.7 Å². The second-order valence-corrected chi connectivity index (χ2v) is 9.29. The van der Waals surface area contributed by atoms with Crippen molar-refractivity contribution in [3.05, 3.63) is 36.0 Å². The van der Waals surface area contributed by atoms with Crippen molar-refractivity contribution >= 4 is 21.7 Å².